The highest BCUT2D eigenvalue weighted by Crippen LogP contribution is 2.38. The lowest BCUT2D eigenvalue weighted by atomic mass is 9.98. The zero-order valence-electron chi connectivity index (χ0n) is 15.3. The summed E-state index contributed by atoms with van der Waals surface area (Å²) in [4.78, 5) is 23.9. The van der Waals surface area contributed by atoms with Gasteiger partial charge in [0.15, 0.2) is 12.2 Å². The average Bonchev–Trinajstić information content (AvgIpc) is 3.23. The maximum Gasteiger partial charge on any atom is 0.331 e. The Hall–Kier alpha value is -3.03. The summed E-state index contributed by atoms with van der Waals surface area (Å²) < 4.78 is 29.6. The first-order valence-corrected chi connectivity index (χ1v) is 9.23. The number of rotatable bonds is 5. The Balaban J connectivity index is 1.52. The minimum atomic E-state index is -1.12. The standard InChI is InChI=1S/C22H19FO6/c23-15-9-6-13(7-10-15)8-11-17(24)28-20(14-4-2-1-3-5-14)22-19(26)21-16(27-22)12-18(25)29-21/h1-11,16,19-22,26H,12H2/b11-8+/t16-,19-,20+,21+,22+/m1/s1. The van der Waals surface area contributed by atoms with Gasteiger partial charge in [0.05, 0.1) is 6.42 Å². The van der Waals surface area contributed by atoms with Gasteiger partial charge in [-0.15, -0.1) is 0 Å². The number of aliphatic hydroxyl groups is 1. The van der Waals surface area contributed by atoms with Crippen molar-refractivity contribution in [3.05, 3.63) is 77.6 Å². The second kappa shape index (κ2) is 8.14. The summed E-state index contributed by atoms with van der Waals surface area (Å²) in [6, 6.07) is 14.6. The van der Waals surface area contributed by atoms with Crippen LogP contribution in [0.15, 0.2) is 60.7 Å². The van der Waals surface area contributed by atoms with Crippen molar-refractivity contribution < 1.29 is 33.3 Å². The quantitative estimate of drug-likeness (QED) is 0.616. The number of halogens is 1. The molecular weight excluding hydrogens is 379 g/mol. The predicted molar refractivity (Wildman–Crippen MR) is 99.9 cm³/mol. The van der Waals surface area contributed by atoms with Gasteiger partial charge in [0.2, 0.25) is 0 Å². The Kier molecular flexibility index (Phi) is 5.42. The Bertz CT molecular complexity index is 911. The average molecular weight is 398 g/mol. The number of aliphatic hydroxyl groups excluding tert-OH is 1. The summed E-state index contributed by atoms with van der Waals surface area (Å²) in [5.74, 6) is -1.44. The molecule has 0 amide bonds. The zero-order chi connectivity index (χ0) is 20.4. The van der Waals surface area contributed by atoms with Crippen molar-refractivity contribution in [2.75, 3.05) is 0 Å². The highest BCUT2D eigenvalue weighted by Gasteiger charge is 2.54. The van der Waals surface area contributed by atoms with E-state index in [-0.39, 0.29) is 12.2 Å². The molecule has 0 unspecified atom stereocenters. The largest absolute Gasteiger partial charge is 0.457 e. The first-order valence-electron chi connectivity index (χ1n) is 9.23. The second-order valence-electron chi connectivity index (χ2n) is 6.94. The Morgan fingerprint density at radius 3 is 2.59 bits per heavy atom. The molecule has 0 aromatic heterocycles. The third-order valence-corrected chi connectivity index (χ3v) is 4.96. The van der Waals surface area contributed by atoms with Crippen molar-refractivity contribution in [1.82, 2.24) is 0 Å². The van der Waals surface area contributed by atoms with E-state index in [4.69, 9.17) is 14.2 Å². The zero-order valence-corrected chi connectivity index (χ0v) is 15.3. The molecule has 6 nitrogen and oxygen atoms in total. The van der Waals surface area contributed by atoms with Crippen LogP contribution in [0.1, 0.15) is 23.7 Å². The fourth-order valence-electron chi connectivity index (χ4n) is 3.56. The summed E-state index contributed by atoms with van der Waals surface area (Å²) in [6.45, 7) is 0. The molecular formula is C22H19FO6. The van der Waals surface area contributed by atoms with Gasteiger partial charge in [0, 0.05) is 6.08 Å². The molecule has 2 aromatic rings. The number of carbonyl (C=O) groups excluding carboxylic acids is 2. The molecule has 7 heteroatoms. The van der Waals surface area contributed by atoms with Crippen LogP contribution in [0.2, 0.25) is 0 Å². The van der Waals surface area contributed by atoms with E-state index >= 15 is 0 Å². The maximum absolute atomic E-state index is 13.0. The maximum atomic E-state index is 13.0. The number of carbonyl (C=O) groups is 2. The molecule has 5 atom stereocenters. The molecule has 2 aliphatic heterocycles. The molecule has 2 heterocycles. The first kappa shape index (κ1) is 19.3. The van der Waals surface area contributed by atoms with Gasteiger partial charge in [-0.2, -0.15) is 0 Å². The molecule has 4 rings (SSSR count). The van der Waals surface area contributed by atoms with E-state index in [1.807, 2.05) is 6.07 Å². The van der Waals surface area contributed by atoms with E-state index < -0.39 is 42.5 Å². The lowest BCUT2D eigenvalue weighted by Crippen LogP contribution is -2.37. The minimum absolute atomic E-state index is 0.0537. The molecule has 29 heavy (non-hydrogen) atoms. The van der Waals surface area contributed by atoms with Crippen LogP contribution in [0, 0.1) is 5.82 Å². The predicted octanol–water partition coefficient (Wildman–Crippen LogP) is 2.57. The van der Waals surface area contributed by atoms with Crippen LogP contribution < -0.4 is 0 Å². The first-order chi connectivity index (χ1) is 14.0. The van der Waals surface area contributed by atoms with Crippen molar-refractivity contribution in [3.8, 4) is 0 Å². The number of fused-ring (bicyclic) bond motifs is 1. The van der Waals surface area contributed by atoms with Crippen LogP contribution in [0.4, 0.5) is 4.39 Å². The minimum Gasteiger partial charge on any atom is -0.457 e. The molecule has 0 spiro atoms. The normalized spacial score (nSPS) is 26.9. The van der Waals surface area contributed by atoms with E-state index in [0.717, 1.165) is 0 Å². The molecule has 0 aliphatic carbocycles. The Morgan fingerprint density at radius 2 is 1.90 bits per heavy atom. The molecule has 150 valence electrons. The fraction of sp³-hybridized carbons (Fsp3) is 0.273. The van der Waals surface area contributed by atoms with Crippen molar-refractivity contribution in [1.29, 1.82) is 0 Å². The van der Waals surface area contributed by atoms with E-state index in [0.29, 0.717) is 11.1 Å². The Morgan fingerprint density at radius 1 is 1.17 bits per heavy atom. The van der Waals surface area contributed by atoms with Gasteiger partial charge in [0.25, 0.3) is 0 Å². The second-order valence-corrected chi connectivity index (χ2v) is 6.94. The monoisotopic (exact) mass is 398 g/mol. The molecule has 0 radical (unpaired) electrons. The number of esters is 2. The molecule has 2 saturated heterocycles. The van der Waals surface area contributed by atoms with Crippen molar-refractivity contribution in [2.45, 2.75) is 36.9 Å². The topological polar surface area (TPSA) is 82.1 Å². The molecule has 2 fully saturated rings. The number of ether oxygens (including phenoxy) is 3. The lowest BCUT2D eigenvalue weighted by Gasteiger charge is -2.26. The summed E-state index contributed by atoms with van der Waals surface area (Å²) >= 11 is 0. The van der Waals surface area contributed by atoms with E-state index in [1.165, 1.54) is 36.4 Å². The number of benzene rings is 2. The highest BCUT2D eigenvalue weighted by atomic mass is 19.1. The number of hydrogen-bond acceptors (Lipinski definition) is 6. The molecule has 1 N–H and O–H groups in total. The van der Waals surface area contributed by atoms with Crippen LogP contribution in [0.25, 0.3) is 6.08 Å². The van der Waals surface area contributed by atoms with Gasteiger partial charge < -0.3 is 19.3 Å². The van der Waals surface area contributed by atoms with Gasteiger partial charge in [-0.25, -0.2) is 9.18 Å². The molecule has 2 aromatic carbocycles. The molecule has 2 aliphatic rings. The van der Waals surface area contributed by atoms with Gasteiger partial charge in [-0.1, -0.05) is 42.5 Å². The number of hydrogen-bond donors (Lipinski definition) is 1. The van der Waals surface area contributed by atoms with Crippen molar-refractivity contribution in [3.63, 3.8) is 0 Å². The van der Waals surface area contributed by atoms with E-state index in [1.54, 1.807) is 24.3 Å². The van der Waals surface area contributed by atoms with E-state index in [9.17, 15) is 19.1 Å². The SMILES string of the molecule is O=C(/C=C/c1ccc(F)cc1)O[C@@H](c1ccccc1)[C@H]1O[C@@H]2CC(=O)O[C@@H]2[C@H]1O. The summed E-state index contributed by atoms with van der Waals surface area (Å²) in [6.07, 6.45) is -1.43. The van der Waals surface area contributed by atoms with Gasteiger partial charge in [-0.05, 0) is 29.3 Å². The van der Waals surface area contributed by atoms with Gasteiger partial charge >= 0.3 is 11.9 Å². The van der Waals surface area contributed by atoms with Crippen molar-refractivity contribution in [2.24, 2.45) is 0 Å². The van der Waals surface area contributed by atoms with Crippen LogP contribution in [0.5, 0.6) is 0 Å². The fourth-order valence-corrected chi connectivity index (χ4v) is 3.56. The molecule has 0 bridgehead atoms. The third-order valence-electron chi connectivity index (χ3n) is 4.96. The lowest BCUT2D eigenvalue weighted by molar-refractivity contribution is -0.159. The van der Waals surface area contributed by atoms with Gasteiger partial charge in [-0.3, -0.25) is 4.79 Å². The summed E-state index contributed by atoms with van der Waals surface area (Å²) in [5, 5.41) is 10.6. The highest BCUT2D eigenvalue weighted by molar-refractivity contribution is 5.87. The molecule has 0 saturated carbocycles. The van der Waals surface area contributed by atoms with Crippen LogP contribution in [-0.4, -0.2) is 41.5 Å². The van der Waals surface area contributed by atoms with Gasteiger partial charge in [0.1, 0.15) is 24.1 Å². The third kappa shape index (κ3) is 4.21. The van der Waals surface area contributed by atoms with E-state index in [2.05, 4.69) is 0 Å². The summed E-state index contributed by atoms with van der Waals surface area (Å²) in [7, 11) is 0. The Labute approximate surface area is 166 Å². The smallest absolute Gasteiger partial charge is 0.331 e. The van der Waals surface area contributed by atoms with Crippen LogP contribution >= 0.6 is 0 Å². The summed E-state index contributed by atoms with van der Waals surface area (Å²) in [5.41, 5.74) is 1.28. The van der Waals surface area contributed by atoms with Crippen molar-refractivity contribution >= 4 is 18.0 Å². The van der Waals surface area contributed by atoms with Crippen LogP contribution in [0.3, 0.4) is 0 Å². The van der Waals surface area contributed by atoms with Crippen LogP contribution in [-0.2, 0) is 23.8 Å².